The van der Waals surface area contributed by atoms with Crippen molar-refractivity contribution < 1.29 is 18.0 Å². The molecule has 0 aliphatic carbocycles. The summed E-state index contributed by atoms with van der Waals surface area (Å²) in [5, 5.41) is 1.95. The Labute approximate surface area is 91.6 Å². The molecule has 0 bridgehead atoms. The number of rotatable bonds is 1. The summed E-state index contributed by atoms with van der Waals surface area (Å²) in [6, 6.07) is 0.880. The quantitative estimate of drug-likeness (QED) is 0.620. The van der Waals surface area contributed by atoms with Crippen molar-refractivity contribution >= 4 is 27.5 Å². The van der Waals surface area contributed by atoms with Crippen molar-refractivity contribution in [2.45, 2.75) is 0 Å². The van der Waals surface area contributed by atoms with Gasteiger partial charge in [0, 0.05) is 34.0 Å². The molecule has 0 aliphatic heterocycles. The maximum Gasteiger partial charge on any atom is 0.301 e. The molecule has 0 unspecified atom stereocenters. The third-order valence-electron chi connectivity index (χ3n) is 1.42. The molecule has 0 fully saturated rings. The summed E-state index contributed by atoms with van der Waals surface area (Å²) < 4.78 is 38.1. The number of amides is 1. The summed E-state index contributed by atoms with van der Waals surface area (Å²) in [5.41, 5.74) is -0.464. The van der Waals surface area contributed by atoms with Gasteiger partial charge in [-0.3, -0.25) is 4.79 Å². The van der Waals surface area contributed by atoms with Crippen molar-refractivity contribution in [1.82, 2.24) is 0 Å². The minimum Gasteiger partial charge on any atom is -0.312 e. The number of nitrogens with one attached hydrogen (secondary N) is 1. The second-order valence-electron chi connectivity index (χ2n) is 2.42. The minimum absolute atomic E-state index is 0.340. The molecule has 0 radical (unpaired) electrons. The largest absolute Gasteiger partial charge is 0.312 e. The molecule has 2 nitrogen and oxygen atoms in total. The lowest BCUT2D eigenvalue weighted by Gasteiger charge is -2.03. The third-order valence-corrected chi connectivity index (χ3v) is 1.62. The van der Waals surface area contributed by atoms with E-state index < -0.39 is 29.0 Å². The normalized spacial score (nSPS) is 9.07. The van der Waals surface area contributed by atoms with E-state index in [9.17, 15) is 18.0 Å². The van der Waals surface area contributed by atoms with Gasteiger partial charge < -0.3 is 5.32 Å². The molecule has 0 saturated heterocycles. The van der Waals surface area contributed by atoms with Gasteiger partial charge in [0.1, 0.15) is 5.82 Å². The number of benzene rings is 1. The molecule has 1 rings (SSSR count). The van der Waals surface area contributed by atoms with Gasteiger partial charge in [0.25, 0.3) is 0 Å². The van der Waals surface area contributed by atoms with Gasteiger partial charge in [-0.2, -0.15) is 0 Å². The molecule has 0 aromatic heterocycles. The molecular formula is C9H3BrF3NO. The van der Waals surface area contributed by atoms with Crippen LogP contribution in [0.15, 0.2) is 12.1 Å². The van der Waals surface area contributed by atoms with Crippen LogP contribution in [0.4, 0.5) is 18.9 Å². The first-order chi connectivity index (χ1) is 7.04. The molecule has 0 heterocycles. The number of halogens is 4. The van der Waals surface area contributed by atoms with E-state index in [0.29, 0.717) is 12.1 Å². The van der Waals surface area contributed by atoms with Crippen LogP contribution in [0.25, 0.3) is 0 Å². The monoisotopic (exact) mass is 277 g/mol. The fourth-order valence-electron chi connectivity index (χ4n) is 0.815. The summed E-state index contributed by atoms with van der Waals surface area (Å²) in [6.45, 7) is 0. The average Bonchev–Trinajstić information content (AvgIpc) is 2.14. The summed E-state index contributed by atoms with van der Waals surface area (Å²) in [7, 11) is 0. The predicted octanol–water partition coefficient (Wildman–Crippen LogP) is 2.40. The van der Waals surface area contributed by atoms with Crippen LogP contribution in [0.3, 0.4) is 0 Å². The van der Waals surface area contributed by atoms with Crippen molar-refractivity contribution in [2.24, 2.45) is 0 Å². The lowest BCUT2D eigenvalue weighted by molar-refractivity contribution is -0.111. The van der Waals surface area contributed by atoms with Gasteiger partial charge in [-0.1, -0.05) is 0 Å². The molecular weight excluding hydrogens is 275 g/mol. The maximum absolute atomic E-state index is 12.9. The van der Waals surface area contributed by atoms with Gasteiger partial charge in [-0.25, -0.2) is 13.2 Å². The zero-order chi connectivity index (χ0) is 11.4. The first kappa shape index (κ1) is 11.6. The number of carbonyl (C=O) groups excluding carboxylic acids is 1. The average molecular weight is 278 g/mol. The van der Waals surface area contributed by atoms with Gasteiger partial charge in [-0.15, -0.1) is 0 Å². The van der Waals surface area contributed by atoms with Crippen molar-refractivity contribution in [3.05, 3.63) is 29.6 Å². The molecule has 0 saturated carbocycles. The van der Waals surface area contributed by atoms with Crippen LogP contribution >= 0.6 is 15.9 Å². The van der Waals surface area contributed by atoms with Crippen molar-refractivity contribution in [3.63, 3.8) is 0 Å². The summed E-state index contributed by atoms with van der Waals surface area (Å²) >= 11 is 2.66. The van der Waals surface area contributed by atoms with Crippen LogP contribution in [0.5, 0.6) is 0 Å². The van der Waals surface area contributed by atoms with Gasteiger partial charge in [0.15, 0.2) is 11.6 Å². The van der Waals surface area contributed by atoms with E-state index in [0.717, 1.165) is 0 Å². The number of hydrogen-bond donors (Lipinski definition) is 1. The van der Waals surface area contributed by atoms with Crippen molar-refractivity contribution in [2.75, 3.05) is 5.32 Å². The second kappa shape index (κ2) is 4.84. The lowest BCUT2D eigenvalue weighted by atomic mass is 10.3. The summed E-state index contributed by atoms with van der Waals surface area (Å²) in [4.78, 5) is 13.0. The third kappa shape index (κ3) is 2.99. The van der Waals surface area contributed by atoms with Crippen molar-refractivity contribution in [1.29, 1.82) is 0 Å². The molecule has 78 valence electrons. The van der Waals surface area contributed by atoms with E-state index in [1.807, 2.05) is 11.2 Å². The number of anilines is 1. The SMILES string of the molecule is O=C(C#CBr)Nc1cc(F)c(F)cc1F. The zero-order valence-corrected chi connectivity index (χ0v) is 8.66. The zero-order valence-electron chi connectivity index (χ0n) is 7.07. The van der Waals surface area contributed by atoms with E-state index in [1.165, 1.54) is 0 Å². The van der Waals surface area contributed by atoms with Crippen LogP contribution in [0.2, 0.25) is 0 Å². The lowest BCUT2D eigenvalue weighted by Crippen LogP contribution is -2.10. The highest BCUT2D eigenvalue weighted by atomic mass is 79.9. The smallest absolute Gasteiger partial charge is 0.301 e. The van der Waals surface area contributed by atoms with Crippen LogP contribution in [-0.4, -0.2) is 5.91 Å². The summed E-state index contributed by atoms with van der Waals surface area (Å²) in [5.74, 6) is -2.49. The topological polar surface area (TPSA) is 29.1 Å². The Hall–Kier alpha value is -1.48. The number of carbonyl (C=O) groups is 1. The fraction of sp³-hybridized carbons (Fsp3) is 0. The molecule has 15 heavy (non-hydrogen) atoms. The van der Waals surface area contributed by atoms with E-state index in [1.54, 1.807) is 0 Å². The van der Waals surface area contributed by atoms with Gasteiger partial charge in [0.2, 0.25) is 0 Å². The van der Waals surface area contributed by atoms with Crippen LogP contribution < -0.4 is 5.32 Å². The highest BCUT2D eigenvalue weighted by Crippen LogP contribution is 2.18. The van der Waals surface area contributed by atoms with E-state index in [-0.39, 0.29) is 0 Å². The Kier molecular flexibility index (Phi) is 3.74. The molecule has 0 atom stereocenters. The Morgan fingerprint density at radius 2 is 1.80 bits per heavy atom. The Morgan fingerprint density at radius 3 is 2.40 bits per heavy atom. The predicted molar refractivity (Wildman–Crippen MR) is 51.6 cm³/mol. The van der Waals surface area contributed by atoms with Gasteiger partial charge in [-0.05, 0) is 4.83 Å². The Morgan fingerprint density at radius 1 is 1.20 bits per heavy atom. The molecule has 0 aliphatic rings. The standard InChI is InChI=1S/C9H3BrF3NO/c10-2-1-9(15)14-8-4-6(12)5(11)3-7(8)13/h3-4H,(H,14,15). The highest BCUT2D eigenvalue weighted by Gasteiger charge is 2.10. The molecule has 1 aromatic carbocycles. The Bertz CT molecular complexity index is 464. The minimum atomic E-state index is -1.32. The molecule has 1 aromatic rings. The van der Waals surface area contributed by atoms with Gasteiger partial charge >= 0.3 is 5.91 Å². The summed E-state index contributed by atoms with van der Waals surface area (Å²) in [6.07, 6.45) is 0. The first-order valence-corrected chi connectivity index (χ1v) is 4.41. The Balaban J connectivity index is 2.99. The number of hydrogen-bond acceptors (Lipinski definition) is 1. The van der Waals surface area contributed by atoms with Crippen LogP contribution in [-0.2, 0) is 4.79 Å². The van der Waals surface area contributed by atoms with E-state index in [2.05, 4.69) is 20.8 Å². The molecule has 1 N–H and O–H groups in total. The van der Waals surface area contributed by atoms with E-state index in [4.69, 9.17) is 0 Å². The van der Waals surface area contributed by atoms with Crippen LogP contribution in [0, 0.1) is 28.2 Å². The van der Waals surface area contributed by atoms with Crippen LogP contribution in [0.1, 0.15) is 0 Å². The fourth-order valence-corrected chi connectivity index (χ4v) is 0.995. The van der Waals surface area contributed by atoms with E-state index >= 15 is 0 Å². The second-order valence-corrected chi connectivity index (χ2v) is 2.82. The molecule has 0 spiro atoms. The highest BCUT2D eigenvalue weighted by molar-refractivity contribution is 9.12. The first-order valence-electron chi connectivity index (χ1n) is 3.61. The van der Waals surface area contributed by atoms with Gasteiger partial charge in [0.05, 0.1) is 5.69 Å². The molecule has 1 amide bonds. The van der Waals surface area contributed by atoms with Crippen molar-refractivity contribution in [3.8, 4) is 10.8 Å². The maximum atomic E-state index is 12.9. The molecule has 6 heteroatoms.